The van der Waals surface area contributed by atoms with E-state index in [4.69, 9.17) is 4.74 Å². The van der Waals surface area contributed by atoms with Crippen molar-refractivity contribution < 1.29 is 22.3 Å². The summed E-state index contributed by atoms with van der Waals surface area (Å²) in [5.41, 5.74) is 1.51. The van der Waals surface area contributed by atoms with Gasteiger partial charge in [-0.1, -0.05) is 0 Å². The Morgan fingerprint density at radius 2 is 1.90 bits per heavy atom. The average Bonchev–Trinajstić information content (AvgIpc) is 2.62. The molecular formula is C19H25FN4O4S. The van der Waals surface area contributed by atoms with Gasteiger partial charge in [-0.25, -0.2) is 21.9 Å². The number of urea groups is 1. The van der Waals surface area contributed by atoms with Gasteiger partial charge in [0.2, 0.25) is 10.0 Å². The number of aryl methyl sites for hydroxylation is 1. The summed E-state index contributed by atoms with van der Waals surface area (Å²) in [6.45, 7) is 5.16. The number of nitrogens with one attached hydrogen (secondary N) is 2. The van der Waals surface area contributed by atoms with Gasteiger partial charge in [-0.2, -0.15) is 0 Å². The third-order valence-corrected chi connectivity index (χ3v) is 6.25. The zero-order valence-corrected chi connectivity index (χ0v) is 17.6. The zero-order chi connectivity index (χ0) is 21.6. The summed E-state index contributed by atoms with van der Waals surface area (Å²) in [4.78, 5) is 16.2. The highest BCUT2D eigenvalue weighted by molar-refractivity contribution is 7.89. The summed E-state index contributed by atoms with van der Waals surface area (Å²) >= 11 is 0. The highest BCUT2D eigenvalue weighted by atomic mass is 32.2. The summed E-state index contributed by atoms with van der Waals surface area (Å²) in [6.07, 6.45) is 1.51. The van der Waals surface area contributed by atoms with E-state index in [0.29, 0.717) is 5.69 Å². The maximum absolute atomic E-state index is 13.9. The monoisotopic (exact) mass is 424 g/mol. The smallest absolute Gasteiger partial charge is 0.323 e. The summed E-state index contributed by atoms with van der Waals surface area (Å²) < 4.78 is 44.6. The topological polar surface area (TPSA) is 101 Å². The Balaban J connectivity index is 1.95. The lowest BCUT2D eigenvalue weighted by atomic mass is 10.3. The Bertz CT molecular complexity index is 949. The Morgan fingerprint density at radius 1 is 1.21 bits per heavy atom. The van der Waals surface area contributed by atoms with E-state index in [1.165, 1.54) is 23.6 Å². The molecule has 0 fully saturated rings. The quantitative estimate of drug-likeness (QED) is 0.678. The van der Waals surface area contributed by atoms with Gasteiger partial charge < -0.3 is 15.4 Å². The van der Waals surface area contributed by atoms with Crippen LogP contribution in [0.15, 0.2) is 36.5 Å². The summed E-state index contributed by atoms with van der Waals surface area (Å²) in [7, 11) is -1.93. The molecule has 0 atom stereocenters. The number of carbonyl (C=O) groups excluding carboxylic acids is 1. The summed E-state index contributed by atoms with van der Waals surface area (Å²) in [5.74, 6) is -0.425. The first-order valence-corrected chi connectivity index (χ1v) is 10.5. The number of anilines is 2. The van der Waals surface area contributed by atoms with Crippen molar-refractivity contribution in [3.63, 3.8) is 0 Å². The molecule has 2 amide bonds. The number of rotatable bonds is 8. The maximum Gasteiger partial charge on any atom is 0.323 e. The van der Waals surface area contributed by atoms with Gasteiger partial charge >= 0.3 is 6.03 Å². The van der Waals surface area contributed by atoms with Crippen molar-refractivity contribution in [2.24, 2.45) is 0 Å². The molecular weight excluding hydrogens is 399 g/mol. The van der Waals surface area contributed by atoms with E-state index in [0.717, 1.165) is 17.8 Å². The van der Waals surface area contributed by atoms with Crippen LogP contribution >= 0.6 is 0 Å². The molecule has 2 aromatic rings. The first-order valence-electron chi connectivity index (χ1n) is 8.97. The van der Waals surface area contributed by atoms with Crippen LogP contribution in [-0.4, -0.2) is 49.2 Å². The molecule has 0 unspecified atom stereocenters. The molecule has 8 nitrogen and oxygen atoms in total. The molecule has 1 aromatic heterocycles. The number of nitrogens with zero attached hydrogens (tertiary/aromatic N) is 2. The lowest BCUT2D eigenvalue weighted by Crippen LogP contribution is -2.35. The molecule has 0 saturated carbocycles. The second-order valence-electron chi connectivity index (χ2n) is 6.71. The molecule has 0 aliphatic carbocycles. The van der Waals surface area contributed by atoms with Crippen LogP contribution in [0.1, 0.15) is 19.5 Å². The van der Waals surface area contributed by atoms with E-state index in [1.54, 1.807) is 26.0 Å². The Kier molecular flexibility index (Phi) is 7.52. The predicted molar refractivity (Wildman–Crippen MR) is 110 cm³/mol. The number of sulfonamides is 1. The SMILES string of the molecule is Cc1ccc(NC(=O)Nc2cc(F)cc(OCCN(C)S(=O)(=O)C(C)C)c2)cn1. The van der Waals surface area contributed by atoms with E-state index >= 15 is 0 Å². The van der Waals surface area contributed by atoms with Gasteiger partial charge in [-0.3, -0.25) is 4.98 Å². The largest absolute Gasteiger partial charge is 0.492 e. The fourth-order valence-electron chi connectivity index (χ4n) is 2.33. The molecule has 0 spiro atoms. The van der Waals surface area contributed by atoms with E-state index in [2.05, 4.69) is 15.6 Å². The van der Waals surface area contributed by atoms with Crippen molar-refractivity contribution in [2.75, 3.05) is 30.8 Å². The Labute approximate surface area is 170 Å². The van der Waals surface area contributed by atoms with Gasteiger partial charge in [0.25, 0.3) is 0 Å². The van der Waals surface area contributed by atoms with Gasteiger partial charge in [-0.05, 0) is 39.0 Å². The fraction of sp³-hybridized carbons (Fsp3) is 0.368. The second kappa shape index (κ2) is 9.66. The van der Waals surface area contributed by atoms with Gasteiger partial charge in [0.05, 0.1) is 17.1 Å². The van der Waals surface area contributed by atoms with Crippen LogP contribution in [0, 0.1) is 12.7 Å². The lowest BCUT2D eigenvalue weighted by molar-refractivity contribution is 0.262. The van der Waals surface area contributed by atoms with Crippen molar-refractivity contribution in [2.45, 2.75) is 26.0 Å². The number of hydrogen-bond donors (Lipinski definition) is 2. The Hall–Kier alpha value is -2.72. The standard InChI is InChI=1S/C19H25FN4O4S/c1-13(2)29(26,27)24(4)7-8-28-18-10-15(20)9-17(11-18)23-19(25)22-16-6-5-14(3)21-12-16/h5-6,9-13H,7-8H2,1-4H3,(H2,22,23,25). The third kappa shape index (κ3) is 6.68. The van der Waals surface area contributed by atoms with E-state index in [-0.39, 0.29) is 24.6 Å². The van der Waals surface area contributed by atoms with Crippen LogP contribution in [0.3, 0.4) is 0 Å². The maximum atomic E-state index is 13.9. The van der Waals surface area contributed by atoms with Crippen LogP contribution in [0.2, 0.25) is 0 Å². The predicted octanol–water partition coefficient (Wildman–Crippen LogP) is 3.22. The van der Waals surface area contributed by atoms with Crippen molar-refractivity contribution >= 4 is 27.4 Å². The first kappa shape index (κ1) is 22.6. The molecule has 0 aliphatic heterocycles. The average molecular weight is 424 g/mol. The number of pyridine rings is 1. The minimum Gasteiger partial charge on any atom is -0.492 e. The fourth-order valence-corrected chi connectivity index (χ4v) is 3.38. The second-order valence-corrected chi connectivity index (χ2v) is 9.30. The zero-order valence-electron chi connectivity index (χ0n) is 16.8. The van der Waals surface area contributed by atoms with E-state index in [9.17, 15) is 17.6 Å². The van der Waals surface area contributed by atoms with E-state index < -0.39 is 27.1 Å². The van der Waals surface area contributed by atoms with Crippen LogP contribution in [0.5, 0.6) is 5.75 Å². The first-order chi connectivity index (χ1) is 13.6. The Morgan fingerprint density at radius 3 is 2.52 bits per heavy atom. The number of halogens is 1. The number of carbonyl (C=O) groups is 1. The number of aromatic nitrogens is 1. The van der Waals surface area contributed by atoms with Gasteiger partial charge in [0.15, 0.2) is 0 Å². The molecule has 29 heavy (non-hydrogen) atoms. The van der Waals surface area contributed by atoms with Crippen LogP contribution < -0.4 is 15.4 Å². The molecule has 1 heterocycles. The number of benzene rings is 1. The van der Waals surface area contributed by atoms with Gasteiger partial charge in [0.1, 0.15) is 18.2 Å². The minimum absolute atomic E-state index is 0.0343. The molecule has 0 bridgehead atoms. The summed E-state index contributed by atoms with van der Waals surface area (Å²) in [6, 6.07) is 6.64. The molecule has 2 N–H and O–H groups in total. The third-order valence-electron chi connectivity index (χ3n) is 4.00. The summed E-state index contributed by atoms with van der Waals surface area (Å²) in [5, 5.41) is 4.57. The lowest BCUT2D eigenvalue weighted by Gasteiger charge is -2.19. The number of amides is 2. The number of ether oxygens (including phenoxy) is 1. The molecule has 10 heteroatoms. The van der Waals surface area contributed by atoms with Crippen molar-refractivity contribution in [1.29, 1.82) is 0 Å². The van der Waals surface area contributed by atoms with E-state index in [1.807, 2.05) is 6.92 Å². The minimum atomic E-state index is -3.39. The molecule has 158 valence electrons. The number of likely N-dealkylation sites (N-methyl/N-ethyl adjacent to an activating group) is 1. The highest BCUT2D eigenvalue weighted by Gasteiger charge is 2.21. The molecule has 2 rings (SSSR count). The van der Waals surface area contributed by atoms with Crippen LogP contribution in [0.25, 0.3) is 0 Å². The highest BCUT2D eigenvalue weighted by Crippen LogP contribution is 2.21. The van der Waals surface area contributed by atoms with Crippen molar-refractivity contribution in [1.82, 2.24) is 9.29 Å². The van der Waals surface area contributed by atoms with Gasteiger partial charge in [0, 0.05) is 37.1 Å². The van der Waals surface area contributed by atoms with Crippen LogP contribution in [-0.2, 0) is 10.0 Å². The van der Waals surface area contributed by atoms with Crippen molar-refractivity contribution in [3.05, 3.63) is 48.0 Å². The van der Waals surface area contributed by atoms with Crippen molar-refractivity contribution in [3.8, 4) is 5.75 Å². The molecule has 0 radical (unpaired) electrons. The number of hydrogen-bond acceptors (Lipinski definition) is 5. The molecule has 1 aromatic carbocycles. The molecule has 0 saturated heterocycles. The van der Waals surface area contributed by atoms with Gasteiger partial charge in [-0.15, -0.1) is 0 Å². The normalized spacial score (nSPS) is 11.6. The molecule has 0 aliphatic rings. The van der Waals surface area contributed by atoms with Crippen LogP contribution in [0.4, 0.5) is 20.6 Å².